The van der Waals surface area contributed by atoms with E-state index in [4.69, 9.17) is 9.57 Å². The molecule has 2 aromatic rings. The van der Waals surface area contributed by atoms with Crippen LogP contribution in [0.1, 0.15) is 11.1 Å². The minimum atomic E-state index is -0.392. The quantitative estimate of drug-likeness (QED) is 0.444. The lowest BCUT2D eigenvalue weighted by Crippen LogP contribution is -2.14. The first-order valence-electron chi connectivity index (χ1n) is 6.37. The van der Waals surface area contributed by atoms with Gasteiger partial charge in [-0.05, 0) is 17.7 Å². The fourth-order valence-electron chi connectivity index (χ4n) is 1.79. The molecule has 0 heterocycles. The molecular formula is C16H15BrFNO2. The molecule has 0 bridgehead atoms. The van der Waals surface area contributed by atoms with Gasteiger partial charge in [0, 0.05) is 10.9 Å². The Labute approximate surface area is 131 Å². The zero-order valence-corrected chi connectivity index (χ0v) is 13.1. The molecule has 3 nitrogen and oxygen atoms in total. The van der Waals surface area contributed by atoms with Crippen LogP contribution in [0.5, 0.6) is 5.75 Å². The molecule has 0 N–H and O–H groups in total. The van der Waals surface area contributed by atoms with Crippen LogP contribution in [0, 0.1) is 5.82 Å². The lowest BCUT2D eigenvalue weighted by molar-refractivity contribution is 0.210. The van der Waals surface area contributed by atoms with E-state index < -0.39 is 5.82 Å². The highest BCUT2D eigenvalue weighted by Gasteiger charge is 2.09. The second kappa shape index (κ2) is 7.78. The van der Waals surface area contributed by atoms with Gasteiger partial charge in [0.2, 0.25) is 0 Å². The third-order valence-electron chi connectivity index (χ3n) is 2.82. The van der Waals surface area contributed by atoms with Crippen LogP contribution in [0.15, 0.2) is 53.7 Å². The number of hydrogen-bond donors (Lipinski definition) is 0. The van der Waals surface area contributed by atoms with Crippen molar-refractivity contribution < 1.29 is 14.0 Å². The van der Waals surface area contributed by atoms with Gasteiger partial charge in [0.25, 0.3) is 0 Å². The second-order valence-corrected chi connectivity index (χ2v) is 4.83. The van der Waals surface area contributed by atoms with Gasteiger partial charge >= 0.3 is 0 Å². The van der Waals surface area contributed by atoms with Crippen molar-refractivity contribution in [3.8, 4) is 5.75 Å². The van der Waals surface area contributed by atoms with Gasteiger partial charge in [-0.3, -0.25) is 0 Å². The van der Waals surface area contributed by atoms with E-state index in [1.165, 1.54) is 13.2 Å². The van der Waals surface area contributed by atoms with Gasteiger partial charge in [0.15, 0.2) is 11.6 Å². The molecule has 0 saturated carbocycles. The zero-order valence-electron chi connectivity index (χ0n) is 11.6. The zero-order chi connectivity index (χ0) is 15.1. The largest absolute Gasteiger partial charge is 0.484 e. The first kappa shape index (κ1) is 15.5. The van der Waals surface area contributed by atoms with Crippen molar-refractivity contribution in [1.82, 2.24) is 0 Å². The van der Waals surface area contributed by atoms with Gasteiger partial charge in [0.1, 0.15) is 19.4 Å². The Bertz CT molecular complexity index is 617. The van der Waals surface area contributed by atoms with Crippen molar-refractivity contribution in [3.05, 3.63) is 65.5 Å². The van der Waals surface area contributed by atoms with Crippen molar-refractivity contribution in [2.75, 3.05) is 13.7 Å². The Morgan fingerprint density at radius 2 is 1.95 bits per heavy atom. The standard InChI is InChI=1S/C16H15BrFNO2/c1-20-19-15(13-5-3-2-4-6-13)11-21-16-8-7-12(10-17)9-14(16)18/h2-9H,10-11H2,1H3/b19-15+. The summed E-state index contributed by atoms with van der Waals surface area (Å²) >= 11 is 3.29. The minimum Gasteiger partial charge on any atom is -0.484 e. The topological polar surface area (TPSA) is 30.8 Å². The molecule has 21 heavy (non-hydrogen) atoms. The summed E-state index contributed by atoms with van der Waals surface area (Å²) in [7, 11) is 1.47. The van der Waals surface area contributed by atoms with Crippen LogP contribution >= 0.6 is 15.9 Å². The number of alkyl halides is 1. The highest BCUT2D eigenvalue weighted by Crippen LogP contribution is 2.20. The van der Waals surface area contributed by atoms with Crippen LogP contribution in [0.25, 0.3) is 0 Å². The van der Waals surface area contributed by atoms with E-state index in [-0.39, 0.29) is 12.4 Å². The molecule has 110 valence electrons. The molecule has 0 radical (unpaired) electrons. The molecule has 0 unspecified atom stereocenters. The van der Waals surface area contributed by atoms with Crippen LogP contribution in [0.2, 0.25) is 0 Å². The predicted octanol–water partition coefficient (Wildman–Crippen LogP) is 4.15. The van der Waals surface area contributed by atoms with Gasteiger partial charge in [0.05, 0.1) is 0 Å². The molecule has 2 rings (SSSR count). The smallest absolute Gasteiger partial charge is 0.165 e. The Morgan fingerprint density at radius 1 is 1.19 bits per heavy atom. The molecule has 5 heteroatoms. The monoisotopic (exact) mass is 351 g/mol. The highest BCUT2D eigenvalue weighted by atomic mass is 79.9. The summed E-state index contributed by atoms with van der Waals surface area (Å²) in [5.74, 6) is -0.198. The number of hydrogen-bond acceptors (Lipinski definition) is 3. The van der Waals surface area contributed by atoms with E-state index in [0.29, 0.717) is 11.0 Å². The average molecular weight is 352 g/mol. The molecule has 0 aliphatic rings. The third kappa shape index (κ3) is 4.29. The molecular weight excluding hydrogens is 337 g/mol. The second-order valence-electron chi connectivity index (χ2n) is 4.27. The van der Waals surface area contributed by atoms with E-state index in [1.807, 2.05) is 36.4 Å². The van der Waals surface area contributed by atoms with E-state index >= 15 is 0 Å². The van der Waals surface area contributed by atoms with E-state index in [0.717, 1.165) is 11.1 Å². The van der Waals surface area contributed by atoms with Gasteiger partial charge in [-0.15, -0.1) is 0 Å². The van der Waals surface area contributed by atoms with Crippen molar-refractivity contribution >= 4 is 21.6 Å². The summed E-state index contributed by atoms with van der Waals surface area (Å²) in [6.45, 7) is 0.127. The molecule has 0 aliphatic heterocycles. The van der Waals surface area contributed by atoms with Crippen molar-refractivity contribution in [2.24, 2.45) is 5.16 Å². The SMILES string of the molecule is CO/N=C(\COc1ccc(CBr)cc1F)c1ccccc1. The fourth-order valence-corrected chi connectivity index (χ4v) is 2.14. The molecule has 0 atom stereocenters. The molecule has 0 aromatic heterocycles. The summed E-state index contributed by atoms with van der Waals surface area (Å²) in [5.41, 5.74) is 2.33. The molecule has 0 fully saturated rings. The highest BCUT2D eigenvalue weighted by molar-refractivity contribution is 9.08. The first-order chi connectivity index (χ1) is 10.2. The summed E-state index contributed by atoms with van der Waals surface area (Å²) in [5, 5.41) is 4.54. The summed E-state index contributed by atoms with van der Waals surface area (Å²) in [6, 6.07) is 14.4. The molecule has 0 amide bonds. The van der Waals surface area contributed by atoms with Crippen molar-refractivity contribution in [2.45, 2.75) is 5.33 Å². The Kier molecular flexibility index (Phi) is 5.75. The fraction of sp³-hybridized carbons (Fsp3) is 0.188. The van der Waals surface area contributed by atoms with Crippen LogP contribution < -0.4 is 4.74 Å². The summed E-state index contributed by atoms with van der Waals surface area (Å²) < 4.78 is 19.4. The number of ether oxygens (including phenoxy) is 1. The number of benzene rings is 2. The average Bonchev–Trinajstić information content (AvgIpc) is 2.53. The molecule has 0 saturated heterocycles. The number of oxime groups is 1. The maximum Gasteiger partial charge on any atom is 0.165 e. The lowest BCUT2D eigenvalue weighted by Gasteiger charge is -2.10. The number of rotatable bonds is 6. The maximum atomic E-state index is 13.9. The van der Waals surface area contributed by atoms with Crippen LogP contribution in [-0.2, 0) is 10.2 Å². The van der Waals surface area contributed by atoms with Crippen molar-refractivity contribution in [1.29, 1.82) is 0 Å². The normalized spacial score (nSPS) is 11.3. The van der Waals surface area contributed by atoms with Gasteiger partial charge in [-0.2, -0.15) is 0 Å². The minimum absolute atomic E-state index is 0.127. The third-order valence-corrected chi connectivity index (χ3v) is 3.47. The Balaban J connectivity index is 2.11. The predicted molar refractivity (Wildman–Crippen MR) is 84.5 cm³/mol. The first-order valence-corrected chi connectivity index (χ1v) is 7.49. The maximum absolute atomic E-state index is 13.9. The van der Waals surface area contributed by atoms with Crippen LogP contribution in [-0.4, -0.2) is 19.4 Å². The van der Waals surface area contributed by atoms with Gasteiger partial charge < -0.3 is 9.57 Å². The number of halogens is 2. The molecule has 0 spiro atoms. The van der Waals surface area contributed by atoms with E-state index in [9.17, 15) is 4.39 Å². The van der Waals surface area contributed by atoms with E-state index in [1.54, 1.807) is 6.07 Å². The van der Waals surface area contributed by atoms with Gasteiger partial charge in [-0.25, -0.2) is 4.39 Å². The van der Waals surface area contributed by atoms with Crippen LogP contribution in [0.4, 0.5) is 4.39 Å². The van der Waals surface area contributed by atoms with Crippen molar-refractivity contribution in [3.63, 3.8) is 0 Å². The van der Waals surface area contributed by atoms with E-state index in [2.05, 4.69) is 21.1 Å². The lowest BCUT2D eigenvalue weighted by atomic mass is 10.1. The summed E-state index contributed by atoms with van der Waals surface area (Å²) in [4.78, 5) is 4.82. The Morgan fingerprint density at radius 3 is 2.57 bits per heavy atom. The van der Waals surface area contributed by atoms with Crippen LogP contribution in [0.3, 0.4) is 0 Å². The Hall–Kier alpha value is -1.88. The summed E-state index contributed by atoms with van der Waals surface area (Å²) in [6.07, 6.45) is 0. The molecule has 0 aliphatic carbocycles. The molecule has 2 aromatic carbocycles. The van der Waals surface area contributed by atoms with Gasteiger partial charge in [-0.1, -0.05) is 57.5 Å². The number of nitrogens with zero attached hydrogens (tertiary/aromatic N) is 1.